The summed E-state index contributed by atoms with van der Waals surface area (Å²) >= 11 is 5.62. The van der Waals surface area contributed by atoms with Gasteiger partial charge in [-0.25, -0.2) is 23.7 Å². The summed E-state index contributed by atoms with van der Waals surface area (Å²) in [6, 6.07) is 0. The molecule has 24 atom stereocenters. The molecule has 0 bridgehead atoms. The predicted octanol–water partition coefficient (Wildman–Crippen LogP) is 17.9. The van der Waals surface area contributed by atoms with E-state index in [-0.39, 0.29) is 60.2 Å². The van der Waals surface area contributed by atoms with Gasteiger partial charge in [0.1, 0.15) is 16.8 Å². The number of aromatic nitrogens is 6. The van der Waals surface area contributed by atoms with E-state index in [1.54, 1.807) is 37.6 Å². The quantitative estimate of drug-likeness (QED) is 0.168. The second-order valence-electron chi connectivity index (χ2n) is 33.9. The van der Waals surface area contributed by atoms with Crippen molar-refractivity contribution in [2.24, 2.45) is 129 Å². The van der Waals surface area contributed by atoms with Crippen LogP contribution in [0.4, 0.5) is 8.78 Å². The lowest BCUT2D eigenvalue weighted by atomic mass is 9.49. The Labute approximate surface area is 599 Å². The molecule has 3 aromatic rings. The molecule has 99 heavy (non-hydrogen) atoms. The number of ketones is 3. The van der Waals surface area contributed by atoms with E-state index in [9.17, 15) is 38.5 Å². The molecule has 3 N–H and O–H groups in total. The third-order valence-corrected chi connectivity index (χ3v) is 29.8. The summed E-state index contributed by atoms with van der Waals surface area (Å²) in [5, 5.41) is 34.8. The van der Waals surface area contributed by atoms with Crippen molar-refractivity contribution in [1.82, 2.24) is 28.7 Å². The van der Waals surface area contributed by atoms with Gasteiger partial charge in [-0.15, -0.1) is 0 Å². The summed E-state index contributed by atoms with van der Waals surface area (Å²) in [4.78, 5) is 51.9. The molecule has 13 saturated carbocycles. The van der Waals surface area contributed by atoms with Gasteiger partial charge in [-0.2, -0.15) is 0 Å². The summed E-state index contributed by atoms with van der Waals surface area (Å²) < 4.78 is 32.5. The molecule has 16 rings (SSSR count). The lowest BCUT2D eigenvalue weighted by Crippen LogP contribution is -2.53. The molecule has 0 aromatic carbocycles. The number of fused-ring (bicyclic) bond motifs is 15. The Morgan fingerprint density at radius 2 is 0.778 bits per heavy atom. The zero-order valence-electron chi connectivity index (χ0n) is 61.3. The minimum atomic E-state index is -2.64. The van der Waals surface area contributed by atoms with E-state index in [2.05, 4.69) is 58.9 Å². The van der Waals surface area contributed by atoms with E-state index in [0.29, 0.717) is 96.2 Å². The van der Waals surface area contributed by atoms with Gasteiger partial charge in [0.15, 0.2) is 17.3 Å². The third kappa shape index (κ3) is 15.6. The van der Waals surface area contributed by atoms with Crippen LogP contribution >= 0.6 is 11.6 Å². The molecule has 13 aliphatic rings. The first-order valence-electron chi connectivity index (χ1n) is 39.8. The summed E-state index contributed by atoms with van der Waals surface area (Å²) in [5.41, 5.74) is -2.96. The molecule has 0 aliphatic heterocycles. The lowest BCUT2D eigenvalue weighted by Gasteiger charge is -2.57. The smallest absolute Gasteiger partial charge is 0.266 e. The first kappa shape index (κ1) is 77.4. The summed E-state index contributed by atoms with van der Waals surface area (Å²) in [7, 11) is 0. The highest BCUT2D eigenvalue weighted by atomic mass is 35.5. The van der Waals surface area contributed by atoms with E-state index in [1.807, 2.05) is 73.8 Å². The van der Waals surface area contributed by atoms with Gasteiger partial charge in [0.25, 0.3) is 6.43 Å². The molecule has 0 saturated heterocycles. The Morgan fingerprint density at radius 3 is 1.10 bits per heavy atom. The fraction of sp³-hybridized carbons (Fsp3) is 0.810. The topological polar surface area (TPSA) is 165 Å². The van der Waals surface area contributed by atoms with Crippen LogP contribution in [-0.2, 0) is 34.0 Å². The number of nitrogens with zero attached hydrogens (tertiary/aromatic N) is 6. The molecule has 3 aromatic heterocycles. The molecule has 13 fully saturated rings. The van der Waals surface area contributed by atoms with Gasteiger partial charge in [-0.3, -0.25) is 14.4 Å². The molecule has 0 spiro atoms. The summed E-state index contributed by atoms with van der Waals surface area (Å²) in [6.07, 6.45) is 43.5. The molecule has 0 radical (unpaired) electrons. The maximum absolute atomic E-state index is 13.4. The van der Waals surface area contributed by atoms with Crippen LogP contribution in [0.25, 0.3) is 0 Å². The largest absolute Gasteiger partial charge is 0.384 e. The van der Waals surface area contributed by atoms with Crippen LogP contribution in [0.5, 0.6) is 0 Å². The van der Waals surface area contributed by atoms with Crippen molar-refractivity contribution < 1.29 is 38.5 Å². The standard InChI is InChI=1S/C28H38N2O2.C25H33ClN2O2.C24H34F2N2O2.3C2H6.CH4/c1-27-11-9-22-21-10-13-28(32,12-8-19-2-3-19)16-20(21)4-5-23(22)24(27)6-7-25(27)26(31)17-30-15-14-29-18-30;1-24-8-6-19-18-7-9-25(30,10-11-26)14-17(18)2-3-20(19)21(24)4-5-22(24)23(29)15-28-13-12-27-16-28;1-23-8-6-17-16-7-9-24(30,22(25)26)12-15(16)2-3-18(17)19(23)4-5-20(23)21(29)13-28-11-10-27-14-28;3*1-2;/h14-15,18-25,32H,2-7,9-11,13,16-17H2,1H3;12-13,16-22,30H,2-9,14-15H2,1H3;10-11,14-20,22,30H,2-9,12-13H2,1H3;3*1-2H3;1H4/t20-,21+,22?,23?,24?,25-,27+,28-;17-,18+,19?,20?,21?,22-,24+,25+;15-,16+,17?,18?,19?,20-,23+,24-;;;;/m111..../s1. The number of halogens is 3. The van der Waals surface area contributed by atoms with Gasteiger partial charge in [0.2, 0.25) is 0 Å². The van der Waals surface area contributed by atoms with Crippen molar-refractivity contribution in [2.75, 3.05) is 0 Å². The van der Waals surface area contributed by atoms with Gasteiger partial charge < -0.3 is 29.0 Å². The average Bonchev–Trinajstić information content (AvgIpc) is 1.67. The number of hydrogen-bond acceptors (Lipinski definition) is 9. The molecule has 550 valence electrons. The van der Waals surface area contributed by atoms with E-state index in [1.165, 1.54) is 77.0 Å². The highest BCUT2D eigenvalue weighted by Crippen LogP contribution is 2.68. The highest BCUT2D eigenvalue weighted by molar-refractivity contribution is 6.30. The van der Waals surface area contributed by atoms with Crippen LogP contribution in [0.15, 0.2) is 56.2 Å². The average molecular weight is 1390 g/mol. The number of imidazole rings is 3. The molecular weight excluding hydrogens is 1260 g/mol. The van der Waals surface area contributed by atoms with Crippen LogP contribution in [0.1, 0.15) is 256 Å². The van der Waals surface area contributed by atoms with Gasteiger partial charge in [-0.1, -0.05) is 87.5 Å². The number of rotatable bonds is 10. The monoisotopic (exact) mass is 1390 g/mol. The van der Waals surface area contributed by atoms with Crippen molar-refractivity contribution >= 4 is 29.0 Å². The van der Waals surface area contributed by atoms with E-state index in [0.717, 1.165) is 126 Å². The Morgan fingerprint density at radius 1 is 0.444 bits per heavy atom. The van der Waals surface area contributed by atoms with Crippen LogP contribution in [0.3, 0.4) is 0 Å². The van der Waals surface area contributed by atoms with Crippen LogP contribution < -0.4 is 0 Å². The molecular formula is C84H127ClF2N6O6. The molecule has 9 unspecified atom stereocenters. The summed E-state index contributed by atoms with van der Waals surface area (Å²) in [5.74, 6) is 21.4. The molecule has 13 aliphatic carbocycles. The van der Waals surface area contributed by atoms with E-state index in [4.69, 9.17) is 11.6 Å². The third-order valence-electron chi connectivity index (χ3n) is 29.7. The second-order valence-corrected chi connectivity index (χ2v) is 34.1. The minimum Gasteiger partial charge on any atom is -0.384 e. The van der Waals surface area contributed by atoms with Crippen LogP contribution in [0, 0.1) is 152 Å². The number of alkyl halides is 2. The zero-order valence-corrected chi connectivity index (χ0v) is 62.0. The maximum Gasteiger partial charge on any atom is 0.266 e. The van der Waals surface area contributed by atoms with Gasteiger partial charge >= 0.3 is 0 Å². The number of carbonyl (C=O) groups is 3. The van der Waals surface area contributed by atoms with Gasteiger partial charge in [0, 0.05) is 66.2 Å². The maximum atomic E-state index is 13.4. The van der Waals surface area contributed by atoms with Crippen molar-refractivity contribution in [3.8, 4) is 23.1 Å². The fourth-order valence-electron chi connectivity index (χ4n) is 25.2. The lowest BCUT2D eigenvalue weighted by molar-refractivity contribution is -0.160. The van der Waals surface area contributed by atoms with Crippen molar-refractivity contribution in [3.05, 3.63) is 56.2 Å². The number of carbonyl (C=O) groups excluding carboxylic acids is 3. The molecule has 12 nitrogen and oxygen atoms in total. The van der Waals surface area contributed by atoms with Crippen LogP contribution in [0.2, 0.25) is 0 Å². The number of Topliss-reactive ketones (excluding diaryl/α,β-unsaturated/α-hetero) is 3. The van der Waals surface area contributed by atoms with E-state index < -0.39 is 23.2 Å². The van der Waals surface area contributed by atoms with Crippen molar-refractivity contribution in [1.29, 1.82) is 0 Å². The zero-order chi connectivity index (χ0) is 70.0. The first-order chi connectivity index (χ1) is 47.2. The summed E-state index contributed by atoms with van der Waals surface area (Å²) in [6.45, 7) is 20.6. The molecule has 15 heteroatoms. The van der Waals surface area contributed by atoms with Crippen molar-refractivity contribution in [2.45, 2.75) is 299 Å². The predicted molar refractivity (Wildman–Crippen MR) is 389 cm³/mol. The number of aliphatic hydroxyl groups is 3. The first-order valence-corrected chi connectivity index (χ1v) is 40.1. The minimum absolute atomic E-state index is 0. The highest BCUT2D eigenvalue weighted by Gasteiger charge is 2.63. The van der Waals surface area contributed by atoms with Gasteiger partial charge in [0.05, 0.1) is 38.6 Å². The molecule has 0 amide bonds. The Hall–Kier alpha value is -4.21. The molecule has 3 heterocycles. The Bertz CT molecular complexity index is 3250. The second kappa shape index (κ2) is 32.4. The normalized spacial score (nSPS) is 42.2. The van der Waals surface area contributed by atoms with Gasteiger partial charge in [-0.05, 0) is 303 Å². The number of hydrogen-bond donors (Lipinski definition) is 3. The Kier molecular flexibility index (Phi) is 25.4. The SMILES string of the molecule is C.CC.CC.CC.C[C@]12CCC3C(CC[C@@H]4C[C@@](O)(C#CC5CC5)CC[C@H]34)C1CC[C@@H]2C(=O)Cn1ccnc1.C[C@]12CCC3C(CC[C@@H]4C[C@@](O)(C#CCl)CC[C@H]34)C1CC[C@@H]2C(=O)Cn1ccnc1.C[C@]12CCC3C(CC[C@@H]4C[C@@](O)(C(F)F)CC[C@H]34)C1CC[C@@H]2C(=O)Cn1ccnc1. The fourth-order valence-corrected chi connectivity index (χ4v) is 25.4. The van der Waals surface area contributed by atoms with Crippen LogP contribution in [-0.4, -0.2) is 84.6 Å². The Balaban J connectivity index is 0.000000154. The van der Waals surface area contributed by atoms with Crippen molar-refractivity contribution in [3.63, 3.8) is 0 Å². The van der Waals surface area contributed by atoms with E-state index >= 15 is 0 Å².